The zero-order valence-corrected chi connectivity index (χ0v) is 23.1. The fourth-order valence-corrected chi connectivity index (χ4v) is 6.07. The maximum Gasteiger partial charge on any atom is 0.416 e. The zero-order valence-electron chi connectivity index (χ0n) is 23.1. The monoisotopic (exact) mass is 597 g/mol. The molecule has 1 spiro atoms. The third-order valence-corrected chi connectivity index (χ3v) is 8.41. The highest BCUT2D eigenvalue weighted by atomic mass is 19.4. The molecule has 10 heteroatoms. The van der Waals surface area contributed by atoms with Gasteiger partial charge in [-0.15, -0.1) is 0 Å². The Morgan fingerprint density at radius 2 is 1.60 bits per heavy atom. The second-order valence-electron chi connectivity index (χ2n) is 11.1. The number of benzene rings is 3. The largest absolute Gasteiger partial charge is 0.416 e. The van der Waals surface area contributed by atoms with Gasteiger partial charge < -0.3 is 10.2 Å². The van der Waals surface area contributed by atoms with Gasteiger partial charge in [0.15, 0.2) is 0 Å². The van der Waals surface area contributed by atoms with Crippen LogP contribution in [0.4, 0.5) is 26.3 Å². The molecule has 0 saturated carbocycles. The van der Waals surface area contributed by atoms with Crippen LogP contribution in [0.25, 0.3) is 6.08 Å². The maximum atomic E-state index is 13.4. The Kier molecular flexibility index (Phi) is 8.39. The summed E-state index contributed by atoms with van der Waals surface area (Å²) in [4.78, 5) is 15.7. The number of fused-ring (bicyclic) bond motifs is 2. The van der Waals surface area contributed by atoms with Crippen molar-refractivity contribution in [3.8, 4) is 6.07 Å². The molecule has 1 unspecified atom stereocenters. The van der Waals surface area contributed by atoms with Crippen molar-refractivity contribution in [2.45, 2.75) is 49.5 Å². The highest BCUT2D eigenvalue weighted by Crippen LogP contribution is 2.44. The van der Waals surface area contributed by atoms with E-state index in [9.17, 15) is 36.4 Å². The summed E-state index contributed by atoms with van der Waals surface area (Å²) in [6, 6.07) is 18.2. The summed E-state index contributed by atoms with van der Waals surface area (Å²) >= 11 is 0. The number of rotatable bonds is 7. The number of piperidine rings is 1. The number of nitrogens with zero attached hydrogens (tertiary/aromatic N) is 2. The normalized spacial score (nSPS) is 17.0. The Labute approximate surface area is 245 Å². The van der Waals surface area contributed by atoms with Gasteiger partial charge in [0.05, 0.1) is 28.7 Å². The molecule has 1 saturated heterocycles. The molecular weight excluding hydrogens is 568 g/mol. The summed E-state index contributed by atoms with van der Waals surface area (Å²) in [6.45, 7) is 1.64. The van der Waals surface area contributed by atoms with Crippen LogP contribution in [-0.2, 0) is 29.1 Å². The van der Waals surface area contributed by atoms with E-state index in [1.807, 2.05) is 18.2 Å². The number of nitrogens with one attached hydrogen (secondary N) is 1. The molecule has 3 aromatic carbocycles. The van der Waals surface area contributed by atoms with Crippen LogP contribution in [0.1, 0.15) is 64.1 Å². The molecule has 0 aromatic heterocycles. The molecule has 1 amide bonds. The van der Waals surface area contributed by atoms with Crippen LogP contribution in [-0.4, -0.2) is 30.4 Å². The topological polar surface area (TPSA) is 56.1 Å². The Balaban J connectivity index is 1.29. The number of halogens is 6. The molecule has 1 fully saturated rings. The number of hydrogen-bond acceptors (Lipinski definition) is 3. The minimum atomic E-state index is -4.98. The van der Waals surface area contributed by atoms with Crippen molar-refractivity contribution in [2.24, 2.45) is 0 Å². The van der Waals surface area contributed by atoms with Crippen LogP contribution in [0, 0.1) is 11.3 Å². The molecule has 1 heterocycles. The number of carbonyl (C=O) groups excluding carboxylic acids is 1. The van der Waals surface area contributed by atoms with Crippen molar-refractivity contribution in [1.29, 1.82) is 5.26 Å². The Morgan fingerprint density at radius 1 is 0.930 bits per heavy atom. The van der Waals surface area contributed by atoms with Gasteiger partial charge in [-0.05, 0) is 91.5 Å². The molecule has 1 N–H and O–H groups in total. The molecule has 2 aliphatic rings. The lowest BCUT2D eigenvalue weighted by atomic mass is 9.74. The lowest BCUT2D eigenvalue weighted by Gasteiger charge is -2.39. The Bertz CT molecular complexity index is 1530. The summed E-state index contributed by atoms with van der Waals surface area (Å²) in [6.07, 6.45) is -3.34. The number of alkyl halides is 6. The summed E-state index contributed by atoms with van der Waals surface area (Å²) in [7, 11) is 0. The zero-order chi connectivity index (χ0) is 30.8. The van der Waals surface area contributed by atoms with Gasteiger partial charge in [-0.25, -0.2) is 0 Å². The number of nitriles is 1. The number of likely N-dealkylation sites (tertiary alicyclic amines) is 1. The van der Waals surface area contributed by atoms with E-state index >= 15 is 0 Å². The average Bonchev–Trinajstić information content (AvgIpc) is 3.34. The minimum Gasteiger partial charge on any atom is -0.351 e. The van der Waals surface area contributed by atoms with Crippen LogP contribution in [0.3, 0.4) is 0 Å². The minimum absolute atomic E-state index is 0.00871. The summed E-state index contributed by atoms with van der Waals surface area (Å²) in [5.41, 5.74) is 0.251. The van der Waals surface area contributed by atoms with E-state index in [-0.39, 0.29) is 17.0 Å². The average molecular weight is 598 g/mol. The van der Waals surface area contributed by atoms with Gasteiger partial charge in [-0.1, -0.05) is 48.6 Å². The number of allylic oxidation sites excluding steroid dienone is 1. The summed E-state index contributed by atoms with van der Waals surface area (Å²) in [5, 5.41) is 11.9. The molecule has 0 bridgehead atoms. The van der Waals surface area contributed by atoms with Crippen molar-refractivity contribution < 1.29 is 31.1 Å². The van der Waals surface area contributed by atoms with E-state index in [4.69, 9.17) is 0 Å². The SMILES string of the molecule is N#Cc1cccc(C(CCN2CCC3(C=Cc4ccccc43)CC2)C(=O)NCc2cc(C(F)(F)F)cc(C(F)(F)F)c2)c1. The predicted octanol–water partition coefficient (Wildman–Crippen LogP) is 7.45. The summed E-state index contributed by atoms with van der Waals surface area (Å²) in [5.74, 6) is -1.30. The predicted molar refractivity (Wildman–Crippen MR) is 150 cm³/mol. The van der Waals surface area contributed by atoms with Gasteiger partial charge in [-0.3, -0.25) is 4.79 Å². The molecule has 1 aliphatic carbocycles. The van der Waals surface area contributed by atoms with Crippen molar-refractivity contribution in [3.63, 3.8) is 0 Å². The van der Waals surface area contributed by atoms with Gasteiger partial charge in [0, 0.05) is 12.0 Å². The van der Waals surface area contributed by atoms with Crippen molar-refractivity contribution in [3.05, 3.63) is 112 Å². The fourth-order valence-electron chi connectivity index (χ4n) is 6.07. The van der Waals surface area contributed by atoms with Crippen LogP contribution in [0.5, 0.6) is 0 Å². The van der Waals surface area contributed by atoms with E-state index in [0.717, 1.165) is 25.9 Å². The number of hydrogen-bond donors (Lipinski definition) is 1. The maximum absolute atomic E-state index is 13.4. The lowest BCUT2D eigenvalue weighted by molar-refractivity contribution is -0.143. The molecule has 224 valence electrons. The second kappa shape index (κ2) is 11.9. The highest BCUT2D eigenvalue weighted by molar-refractivity contribution is 5.83. The number of amides is 1. The van der Waals surface area contributed by atoms with Gasteiger partial charge in [0.2, 0.25) is 5.91 Å². The molecule has 1 atom stereocenters. The molecule has 5 rings (SSSR count). The van der Waals surface area contributed by atoms with Crippen LogP contribution >= 0.6 is 0 Å². The van der Waals surface area contributed by atoms with Crippen LogP contribution < -0.4 is 5.32 Å². The molecule has 4 nitrogen and oxygen atoms in total. The molecule has 0 radical (unpaired) electrons. The van der Waals surface area contributed by atoms with Gasteiger partial charge in [0.1, 0.15) is 0 Å². The molecular formula is C33H29F6N3O. The smallest absolute Gasteiger partial charge is 0.351 e. The van der Waals surface area contributed by atoms with Crippen molar-refractivity contribution >= 4 is 12.0 Å². The third-order valence-electron chi connectivity index (χ3n) is 8.41. The first-order valence-corrected chi connectivity index (χ1v) is 14.0. The lowest BCUT2D eigenvalue weighted by Crippen LogP contribution is -2.42. The van der Waals surface area contributed by atoms with Gasteiger partial charge in [-0.2, -0.15) is 31.6 Å². The third kappa shape index (κ3) is 6.78. The molecule has 1 aliphatic heterocycles. The van der Waals surface area contributed by atoms with E-state index in [2.05, 4.69) is 34.5 Å². The fraction of sp³-hybridized carbons (Fsp3) is 0.333. The standard InChI is InChI=1S/C33H29F6N3O/c34-32(35,36)26-17-23(18-27(19-26)33(37,38)39)21-41-30(43)28(25-6-3-4-22(16-25)20-40)9-13-42-14-11-31(12-15-42)10-8-24-5-1-2-7-29(24)31/h1-8,10,16-19,28H,9,11-15,21H2,(H,41,43). The van der Waals surface area contributed by atoms with Gasteiger partial charge in [0.25, 0.3) is 0 Å². The quantitative estimate of drug-likeness (QED) is 0.288. The Morgan fingerprint density at radius 3 is 2.26 bits per heavy atom. The van der Waals surface area contributed by atoms with E-state index in [1.54, 1.807) is 24.3 Å². The first-order chi connectivity index (χ1) is 20.4. The van der Waals surface area contributed by atoms with E-state index in [1.165, 1.54) is 11.1 Å². The summed E-state index contributed by atoms with van der Waals surface area (Å²) < 4.78 is 79.9. The van der Waals surface area contributed by atoms with E-state index < -0.39 is 41.8 Å². The van der Waals surface area contributed by atoms with Gasteiger partial charge >= 0.3 is 12.4 Å². The molecule has 43 heavy (non-hydrogen) atoms. The number of carbonyl (C=O) groups is 1. The first-order valence-electron chi connectivity index (χ1n) is 14.0. The Hall–Kier alpha value is -4.10. The van der Waals surface area contributed by atoms with Crippen molar-refractivity contribution in [1.82, 2.24) is 10.2 Å². The molecule has 3 aromatic rings. The van der Waals surface area contributed by atoms with E-state index in [0.29, 0.717) is 36.2 Å². The van der Waals surface area contributed by atoms with Crippen LogP contribution in [0.15, 0.2) is 72.8 Å². The first kappa shape index (κ1) is 30.4. The van der Waals surface area contributed by atoms with Crippen molar-refractivity contribution in [2.75, 3.05) is 19.6 Å². The van der Waals surface area contributed by atoms with Crippen LogP contribution in [0.2, 0.25) is 0 Å². The highest BCUT2D eigenvalue weighted by Gasteiger charge is 2.39. The second-order valence-corrected chi connectivity index (χ2v) is 11.1.